The van der Waals surface area contributed by atoms with Gasteiger partial charge in [0.25, 0.3) is 0 Å². The van der Waals surface area contributed by atoms with Gasteiger partial charge in [-0.1, -0.05) is 119 Å². The summed E-state index contributed by atoms with van der Waals surface area (Å²) in [6.45, 7) is 51.4. The van der Waals surface area contributed by atoms with Crippen LogP contribution in [-0.4, -0.2) is 165 Å². The van der Waals surface area contributed by atoms with E-state index < -0.39 is 45.6 Å². The molecule has 1 aliphatic carbocycles. The van der Waals surface area contributed by atoms with E-state index in [2.05, 4.69) is 26.6 Å². The van der Waals surface area contributed by atoms with Gasteiger partial charge in [0.15, 0.2) is 0 Å². The van der Waals surface area contributed by atoms with Crippen molar-refractivity contribution >= 4 is 63.3 Å². The van der Waals surface area contributed by atoms with Gasteiger partial charge < -0.3 is 51.6 Å². The average Bonchev–Trinajstić information content (AvgIpc) is 1.86. The van der Waals surface area contributed by atoms with Crippen LogP contribution in [-0.2, 0) is 57.9 Å². The molecule has 4 rings (SSSR count). The minimum Gasteiger partial charge on any atom is -0.460 e. The Hall–Kier alpha value is -5.11. The number of ketones is 1. The third kappa shape index (κ3) is 52.8. The Morgan fingerprint density at radius 2 is 1.03 bits per heavy atom. The molecule has 3 aliphatic heterocycles. The van der Waals surface area contributed by atoms with Gasteiger partial charge in [-0.15, -0.1) is 0 Å². The summed E-state index contributed by atoms with van der Waals surface area (Å²) in [4.78, 5) is 105. The van der Waals surface area contributed by atoms with Gasteiger partial charge in [0.1, 0.15) is 23.4 Å². The first kappa shape index (κ1) is 96.6. The van der Waals surface area contributed by atoms with Crippen molar-refractivity contribution in [3.63, 3.8) is 0 Å². The zero-order chi connectivity index (χ0) is 72.2. The number of nitrogens with one attached hydrogen (secondary N) is 6. The minimum absolute atomic E-state index is 0. The summed E-state index contributed by atoms with van der Waals surface area (Å²) in [7, 11) is -3.37. The standard InChI is InChI=1S/C13H24N2O3.C11H20N2O2.C10H19NO.C10H20O2.C9H18N2O.C7H12F3NO.C5H11NO3S.2CH4/c1-9(2)11(16)14-10-6-7-15(8-10)12(17)18-13(3,4)5;1-8(14)13-6-5-9(7-13)12-10(15)11(2,3)4;1-7(2)10(12)9-4-3-8(5-9)6-11;1-9(2,3)7-8(11)12-10(4,5)6;1-9(2,3)8(12)11-7-4-5-10-6-7;1-6(2,3)11-5(12)4-7(8,9)10;1-4(2)5(7)6-10(3,8)9;;/h9-10H,6-8H2,1-5H3,(H,14,16);9H,5-7H2,1-4H3,(H,12,15);7-9H,3-6,11H2,1-2H3;7H2,1-6H3;7,10H,4-6H2,1-3H3,(H,11,12);4H2,1-3H3,(H,11,12);4H,1-3H3,(H,6,7);2*1H4/t10-;9-;;;7-;;;;/m00..0..../s1. The van der Waals surface area contributed by atoms with E-state index >= 15 is 0 Å². The highest BCUT2D eigenvalue weighted by Gasteiger charge is 2.35. The first-order valence-electron chi connectivity index (χ1n) is 31.9. The molecule has 22 nitrogen and oxygen atoms in total. The number of nitrogens with two attached hydrogens (primary N) is 1. The quantitative estimate of drug-likeness (QED) is 0.0946. The molecule has 3 saturated heterocycles. The van der Waals surface area contributed by atoms with Crippen LogP contribution in [0.5, 0.6) is 0 Å². The van der Waals surface area contributed by atoms with Crippen LogP contribution in [0.1, 0.15) is 239 Å². The lowest BCUT2D eigenvalue weighted by Gasteiger charge is -2.24. The monoisotopic (exact) mass is 1360 g/mol. The lowest BCUT2D eigenvalue weighted by Crippen LogP contribution is -2.43. The minimum atomic E-state index is -4.42. The maximum absolute atomic E-state index is 11.8. The van der Waals surface area contributed by atoms with Gasteiger partial charge in [0.05, 0.1) is 12.7 Å². The Morgan fingerprint density at radius 3 is 1.35 bits per heavy atom. The fourth-order valence-corrected chi connectivity index (χ4v) is 8.86. The van der Waals surface area contributed by atoms with Crippen molar-refractivity contribution in [2.75, 3.05) is 52.1 Å². The van der Waals surface area contributed by atoms with Crippen LogP contribution in [0.4, 0.5) is 18.0 Å². The molecule has 26 heteroatoms. The van der Waals surface area contributed by atoms with Crippen LogP contribution in [0.2, 0.25) is 0 Å². The molecule has 8 N–H and O–H groups in total. The number of ether oxygens (including phenoxy) is 2. The molecule has 0 aromatic heterocycles. The van der Waals surface area contributed by atoms with Crippen molar-refractivity contribution in [3.8, 4) is 0 Å². The normalized spacial score (nSPS) is 18.9. The third-order valence-electron chi connectivity index (χ3n) is 13.1. The summed E-state index contributed by atoms with van der Waals surface area (Å²) >= 11 is 0. The molecule has 93 heavy (non-hydrogen) atoms. The number of esters is 1. The van der Waals surface area contributed by atoms with Crippen LogP contribution < -0.4 is 37.0 Å². The van der Waals surface area contributed by atoms with Crippen LogP contribution in [0, 0.1) is 45.8 Å². The number of sulfonamides is 1. The molecule has 0 radical (unpaired) electrons. The first-order valence-corrected chi connectivity index (χ1v) is 33.8. The summed E-state index contributed by atoms with van der Waals surface area (Å²) in [6, 6.07) is 0.518. The number of halogens is 3. The highest BCUT2D eigenvalue weighted by molar-refractivity contribution is 7.89. The van der Waals surface area contributed by atoms with Gasteiger partial charge in [-0.2, -0.15) is 13.2 Å². The Kier molecular flexibility index (Phi) is 44.1. The predicted octanol–water partition coefficient (Wildman–Crippen LogP) is 10.2. The second-order valence-electron chi connectivity index (χ2n) is 31.1. The number of alkyl halides is 3. The Labute approximate surface area is 560 Å². The Balaban J connectivity index is -0.000000325. The zero-order valence-electron chi connectivity index (χ0n) is 60.5. The fraction of sp³-hybridized carbons (Fsp3) is 0.866. The van der Waals surface area contributed by atoms with Gasteiger partial charge in [-0.05, 0) is 125 Å². The van der Waals surface area contributed by atoms with Gasteiger partial charge in [0.2, 0.25) is 45.5 Å². The molecule has 0 spiro atoms. The maximum Gasteiger partial charge on any atom is 0.410 e. The Bertz CT molecular complexity index is 2320. The van der Waals surface area contributed by atoms with E-state index in [1.807, 2.05) is 136 Å². The summed E-state index contributed by atoms with van der Waals surface area (Å²) in [5.74, 6) is -0.0147. The topological polar surface area (TPSA) is 311 Å². The smallest absolute Gasteiger partial charge is 0.410 e. The fourth-order valence-electron chi connectivity index (χ4n) is 8.26. The zero-order valence-corrected chi connectivity index (χ0v) is 61.4. The second-order valence-corrected chi connectivity index (χ2v) is 32.9. The van der Waals surface area contributed by atoms with E-state index in [0.717, 1.165) is 71.0 Å². The largest absolute Gasteiger partial charge is 0.460 e. The molecule has 550 valence electrons. The van der Waals surface area contributed by atoms with Crippen LogP contribution in [0.3, 0.4) is 0 Å². The molecular formula is C67H132F3N9O13S. The van der Waals surface area contributed by atoms with Crippen molar-refractivity contribution in [1.29, 1.82) is 0 Å². The van der Waals surface area contributed by atoms with E-state index in [1.54, 1.807) is 51.3 Å². The molecule has 1 saturated carbocycles. The molecule has 4 aliphatic rings. The van der Waals surface area contributed by atoms with Crippen LogP contribution >= 0.6 is 0 Å². The van der Waals surface area contributed by atoms with E-state index in [-0.39, 0.29) is 102 Å². The molecule has 0 aromatic rings. The second kappa shape index (κ2) is 42.4. The summed E-state index contributed by atoms with van der Waals surface area (Å²) < 4.78 is 68.0. The molecule has 0 bridgehead atoms. The highest BCUT2D eigenvalue weighted by atomic mass is 32.2. The highest BCUT2D eigenvalue weighted by Crippen LogP contribution is 2.32. The average molecular weight is 1360 g/mol. The van der Waals surface area contributed by atoms with Crippen molar-refractivity contribution in [1.82, 2.24) is 41.1 Å². The number of hydrogen-bond acceptors (Lipinski definition) is 15. The maximum atomic E-state index is 11.8. The van der Waals surface area contributed by atoms with Crippen molar-refractivity contribution in [3.05, 3.63) is 0 Å². The van der Waals surface area contributed by atoms with Crippen molar-refractivity contribution < 1.29 is 74.2 Å². The first-order chi connectivity index (χ1) is 40.7. The van der Waals surface area contributed by atoms with Gasteiger partial charge >= 0.3 is 18.2 Å². The summed E-state index contributed by atoms with van der Waals surface area (Å²) in [5, 5.41) is 14.4. The molecule has 5 atom stereocenters. The van der Waals surface area contributed by atoms with E-state index in [4.69, 9.17) is 15.2 Å². The molecule has 0 aromatic carbocycles. The van der Waals surface area contributed by atoms with E-state index in [0.29, 0.717) is 49.7 Å². The summed E-state index contributed by atoms with van der Waals surface area (Å²) in [5.41, 5.74) is 3.51. The van der Waals surface area contributed by atoms with Gasteiger partial charge in [0, 0.05) is 97.8 Å². The molecule has 4 fully saturated rings. The van der Waals surface area contributed by atoms with Crippen LogP contribution in [0.25, 0.3) is 0 Å². The third-order valence-corrected chi connectivity index (χ3v) is 13.6. The molecule has 3 heterocycles. The van der Waals surface area contributed by atoms with Crippen molar-refractivity contribution in [2.24, 2.45) is 51.6 Å². The molecule has 7 amide bonds. The number of hydrogen-bond donors (Lipinski definition) is 7. The number of amides is 7. The number of rotatable bonds is 11. The number of carbonyl (C=O) groups is 9. The number of likely N-dealkylation sites (tertiary alicyclic amines) is 2. The molecule has 2 unspecified atom stereocenters. The van der Waals surface area contributed by atoms with Gasteiger partial charge in [-0.3, -0.25) is 43.1 Å². The van der Waals surface area contributed by atoms with Gasteiger partial charge in [-0.25, -0.2) is 13.2 Å². The number of carbonyl (C=O) groups excluding carboxylic acids is 9. The number of Topliss-reactive ketones (excluding diaryl/α,β-unsaturated/α-hetero) is 1. The van der Waals surface area contributed by atoms with E-state index in [9.17, 15) is 64.7 Å². The summed E-state index contributed by atoms with van der Waals surface area (Å²) in [6.07, 6.45) is 1.26. The predicted molar refractivity (Wildman–Crippen MR) is 366 cm³/mol. The number of nitrogens with zero attached hydrogens (tertiary/aromatic N) is 2. The van der Waals surface area contributed by atoms with Crippen molar-refractivity contribution in [2.45, 2.75) is 280 Å². The van der Waals surface area contributed by atoms with E-state index in [1.165, 1.54) is 0 Å². The lowest BCUT2D eigenvalue weighted by atomic mass is 9.92. The Morgan fingerprint density at radius 1 is 0.591 bits per heavy atom. The molecular weight excluding hydrogens is 1230 g/mol. The SMILES string of the molecule is C.C.CC(=O)N1CC[C@H](NC(=O)C(C)(C)C)C1.CC(C)(C)C(=O)N[C@H]1CCNC1.CC(C)(C)CC(=O)OC(C)(C)C.CC(C)(C)NC(=O)CC(F)(F)F.CC(C)C(=O)C1CCC(CN)C1.CC(C)C(=O)NS(C)(=O)=O.CC(C)C(=O)N[C@H]1CCN(C(=O)OC(C)(C)C)C1. The lowest BCUT2D eigenvalue weighted by molar-refractivity contribution is -0.157. The van der Waals surface area contributed by atoms with Crippen LogP contribution in [0.15, 0.2) is 0 Å².